The fourth-order valence-corrected chi connectivity index (χ4v) is 1.72. The number of hydrogen-bond donors (Lipinski definition) is 1. The summed E-state index contributed by atoms with van der Waals surface area (Å²) in [5.41, 5.74) is 0.845. The van der Waals surface area contributed by atoms with E-state index in [1.807, 2.05) is 7.05 Å². The summed E-state index contributed by atoms with van der Waals surface area (Å²) >= 11 is 0. The molecule has 0 aliphatic heterocycles. The Bertz CT molecular complexity index is 611. The molecule has 0 aliphatic carbocycles. The van der Waals surface area contributed by atoms with E-state index in [0.29, 0.717) is 12.4 Å². The molecule has 1 aromatic heterocycles. The third kappa shape index (κ3) is 3.09. The van der Waals surface area contributed by atoms with Gasteiger partial charge in [-0.2, -0.15) is 0 Å². The monoisotopic (exact) mass is 277 g/mol. The Morgan fingerprint density at radius 2 is 2.30 bits per heavy atom. The van der Waals surface area contributed by atoms with Crippen LogP contribution < -0.4 is 10.1 Å². The largest absolute Gasteiger partial charge is 0.479 e. The van der Waals surface area contributed by atoms with Gasteiger partial charge in [0.05, 0.1) is 4.92 Å². The zero-order valence-electron chi connectivity index (χ0n) is 11.2. The van der Waals surface area contributed by atoms with Crippen LogP contribution in [0.4, 0.5) is 5.69 Å². The number of nitrogens with zero attached hydrogens (tertiary/aromatic N) is 4. The van der Waals surface area contributed by atoms with E-state index in [9.17, 15) is 10.1 Å². The molecule has 0 saturated heterocycles. The van der Waals surface area contributed by atoms with E-state index in [1.54, 1.807) is 30.1 Å². The van der Waals surface area contributed by atoms with Gasteiger partial charge in [-0.25, -0.2) is 0 Å². The third-order valence-electron chi connectivity index (χ3n) is 2.76. The molecule has 20 heavy (non-hydrogen) atoms. The predicted octanol–water partition coefficient (Wildman–Crippen LogP) is 1.02. The van der Waals surface area contributed by atoms with Crippen LogP contribution in [-0.2, 0) is 20.2 Å². The molecule has 0 amide bonds. The minimum Gasteiger partial charge on any atom is -0.479 e. The summed E-state index contributed by atoms with van der Waals surface area (Å²) in [5.74, 6) is 0.823. The van der Waals surface area contributed by atoms with Gasteiger partial charge in [-0.05, 0) is 18.7 Å². The Morgan fingerprint density at radius 3 is 2.90 bits per heavy atom. The maximum Gasteiger partial charge on any atom is 0.310 e. The molecular weight excluding hydrogens is 262 g/mol. The molecule has 8 nitrogen and oxygen atoms in total. The minimum absolute atomic E-state index is 0.0629. The van der Waals surface area contributed by atoms with Crippen molar-refractivity contribution in [2.45, 2.75) is 13.2 Å². The van der Waals surface area contributed by atoms with Gasteiger partial charge in [0, 0.05) is 19.7 Å². The van der Waals surface area contributed by atoms with Crippen LogP contribution >= 0.6 is 0 Å². The molecule has 106 valence electrons. The number of rotatable bonds is 6. The Balaban J connectivity index is 2.21. The van der Waals surface area contributed by atoms with Crippen LogP contribution in [0.15, 0.2) is 24.5 Å². The molecule has 0 spiro atoms. The van der Waals surface area contributed by atoms with Crippen LogP contribution in [0.3, 0.4) is 0 Å². The van der Waals surface area contributed by atoms with Crippen LogP contribution in [-0.4, -0.2) is 26.7 Å². The van der Waals surface area contributed by atoms with Gasteiger partial charge in [-0.15, -0.1) is 10.2 Å². The average molecular weight is 277 g/mol. The smallest absolute Gasteiger partial charge is 0.310 e. The first-order chi connectivity index (χ1) is 9.61. The van der Waals surface area contributed by atoms with E-state index in [1.165, 1.54) is 6.07 Å². The van der Waals surface area contributed by atoms with Crippen molar-refractivity contribution in [1.29, 1.82) is 0 Å². The second-order valence-electron chi connectivity index (χ2n) is 4.24. The van der Waals surface area contributed by atoms with Crippen molar-refractivity contribution in [3.05, 3.63) is 46.0 Å². The van der Waals surface area contributed by atoms with Crippen molar-refractivity contribution in [3.8, 4) is 5.75 Å². The maximum absolute atomic E-state index is 11.0. The highest BCUT2D eigenvalue weighted by Gasteiger charge is 2.16. The van der Waals surface area contributed by atoms with Crippen molar-refractivity contribution in [1.82, 2.24) is 20.1 Å². The first kappa shape index (κ1) is 13.9. The third-order valence-corrected chi connectivity index (χ3v) is 2.76. The molecule has 2 rings (SSSR count). The second-order valence-corrected chi connectivity index (χ2v) is 4.24. The minimum atomic E-state index is -0.463. The Kier molecular flexibility index (Phi) is 4.26. The molecule has 0 radical (unpaired) electrons. The van der Waals surface area contributed by atoms with E-state index >= 15 is 0 Å². The fraction of sp³-hybridized carbons (Fsp3) is 0.333. The number of benzene rings is 1. The van der Waals surface area contributed by atoms with E-state index in [2.05, 4.69) is 15.5 Å². The van der Waals surface area contributed by atoms with Gasteiger partial charge in [-0.1, -0.05) is 6.07 Å². The summed E-state index contributed by atoms with van der Waals surface area (Å²) in [6.45, 7) is 0.735. The number of hydrogen-bond acceptors (Lipinski definition) is 6. The lowest BCUT2D eigenvalue weighted by molar-refractivity contribution is -0.386. The number of nitro benzene ring substituents is 1. The van der Waals surface area contributed by atoms with Crippen molar-refractivity contribution in [3.63, 3.8) is 0 Å². The van der Waals surface area contributed by atoms with E-state index in [4.69, 9.17) is 4.74 Å². The topological polar surface area (TPSA) is 95.1 Å². The average Bonchev–Trinajstić information content (AvgIpc) is 2.82. The Hall–Kier alpha value is -2.48. The highest BCUT2D eigenvalue weighted by Crippen LogP contribution is 2.28. The molecule has 0 aliphatic rings. The highest BCUT2D eigenvalue weighted by atomic mass is 16.6. The molecule has 0 saturated carbocycles. The SMILES string of the molecule is CNCc1ccc([N+](=O)[O-])c(OCc2nncn2C)c1. The van der Waals surface area contributed by atoms with Gasteiger partial charge >= 0.3 is 5.69 Å². The summed E-state index contributed by atoms with van der Waals surface area (Å²) in [5, 5.41) is 21.6. The van der Waals surface area contributed by atoms with Crippen LogP contribution in [0.5, 0.6) is 5.75 Å². The fourth-order valence-electron chi connectivity index (χ4n) is 1.72. The molecule has 0 bridgehead atoms. The molecule has 8 heteroatoms. The lowest BCUT2D eigenvalue weighted by Crippen LogP contribution is -2.07. The number of ether oxygens (including phenoxy) is 1. The van der Waals surface area contributed by atoms with Crippen LogP contribution in [0, 0.1) is 10.1 Å². The molecule has 1 N–H and O–H groups in total. The Labute approximate surface area is 115 Å². The maximum atomic E-state index is 11.0. The lowest BCUT2D eigenvalue weighted by atomic mass is 10.2. The first-order valence-corrected chi connectivity index (χ1v) is 5.99. The van der Waals surface area contributed by atoms with E-state index in [-0.39, 0.29) is 18.0 Å². The van der Waals surface area contributed by atoms with Gasteiger partial charge in [0.25, 0.3) is 0 Å². The number of nitrogens with one attached hydrogen (secondary N) is 1. The molecule has 1 heterocycles. The van der Waals surface area contributed by atoms with Crippen LogP contribution in [0.1, 0.15) is 11.4 Å². The Morgan fingerprint density at radius 1 is 1.50 bits per heavy atom. The normalized spacial score (nSPS) is 10.5. The van der Waals surface area contributed by atoms with Gasteiger partial charge in [0.2, 0.25) is 0 Å². The van der Waals surface area contributed by atoms with Crippen LogP contribution in [0.25, 0.3) is 0 Å². The van der Waals surface area contributed by atoms with Crippen molar-refractivity contribution in [2.24, 2.45) is 7.05 Å². The summed E-state index contributed by atoms with van der Waals surface area (Å²) in [7, 11) is 3.59. The predicted molar refractivity (Wildman–Crippen MR) is 71.2 cm³/mol. The number of aromatic nitrogens is 3. The molecule has 0 fully saturated rings. The lowest BCUT2D eigenvalue weighted by Gasteiger charge is -2.08. The standard InChI is InChI=1S/C12H15N5O3/c1-13-6-9-3-4-10(17(18)19)11(5-9)20-7-12-15-14-8-16(12)2/h3-5,8,13H,6-7H2,1-2H3. The molecular formula is C12H15N5O3. The molecule has 0 unspecified atom stereocenters. The highest BCUT2D eigenvalue weighted by molar-refractivity contribution is 5.48. The van der Waals surface area contributed by atoms with Gasteiger partial charge in [0.15, 0.2) is 11.6 Å². The molecule has 2 aromatic rings. The number of aryl methyl sites for hydroxylation is 1. The summed E-state index contributed by atoms with van der Waals surface area (Å²) in [6, 6.07) is 4.80. The van der Waals surface area contributed by atoms with Crippen molar-refractivity contribution >= 4 is 5.69 Å². The summed E-state index contributed by atoms with van der Waals surface area (Å²) in [4.78, 5) is 10.5. The van der Waals surface area contributed by atoms with Gasteiger partial charge < -0.3 is 14.6 Å². The first-order valence-electron chi connectivity index (χ1n) is 5.99. The quantitative estimate of drug-likeness (QED) is 0.625. The van der Waals surface area contributed by atoms with Crippen molar-refractivity contribution < 1.29 is 9.66 Å². The zero-order valence-corrected chi connectivity index (χ0v) is 11.2. The van der Waals surface area contributed by atoms with Crippen molar-refractivity contribution in [2.75, 3.05) is 7.05 Å². The van der Waals surface area contributed by atoms with E-state index < -0.39 is 4.92 Å². The van der Waals surface area contributed by atoms with Gasteiger partial charge in [-0.3, -0.25) is 10.1 Å². The molecule has 0 atom stereocenters. The summed E-state index contributed by atoms with van der Waals surface area (Å²) < 4.78 is 7.22. The number of nitro groups is 1. The molecule has 1 aromatic carbocycles. The van der Waals surface area contributed by atoms with E-state index in [0.717, 1.165) is 5.56 Å². The summed E-state index contributed by atoms with van der Waals surface area (Å²) in [6.07, 6.45) is 1.55. The second kappa shape index (κ2) is 6.11. The zero-order chi connectivity index (χ0) is 14.5. The van der Waals surface area contributed by atoms with Crippen LogP contribution in [0.2, 0.25) is 0 Å². The van der Waals surface area contributed by atoms with Gasteiger partial charge in [0.1, 0.15) is 12.9 Å².